The molecule has 0 saturated carbocycles. The van der Waals surface area contributed by atoms with E-state index in [-0.39, 0.29) is 11.5 Å². The molecule has 0 saturated heterocycles. The summed E-state index contributed by atoms with van der Waals surface area (Å²) in [5.74, 6) is 0. The summed E-state index contributed by atoms with van der Waals surface area (Å²) in [7, 11) is -3.41. The topological polar surface area (TPSA) is 54.4 Å². The molecule has 0 spiro atoms. The van der Waals surface area contributed by atoms with Crippen LogP contribution < -0.4 is 0 Å². The van der Waals surface area contributed by atoms with Gasteiger partial charge in [0, 0.05) is 5.41 Å². The zero-order valence-corrected chi connectivity index (χ0v) is 16.3. The van der Waals surface area contributed by atoms with Crippen molar-refractivity contribution in [1.82, 2.24) is 0 Å². The zero-order chi connectivity index (χ0) is 18.7. The third kappa shape index (κ3) is 5.16. The van der Waals surface area contributed by atoms with Gasteiger partial charge in [-0.25, -0.2) is 8.42 Å². The molecule has 2 rings (SSSR count). The van der Waals surface area contributed by atoms with Crippen LogP contribution in [0.2, 0.25) is 0 Å². The van der Waals surface area contributed by atoms with Crippen LogP contribution in [0.3, 0.4) is 0 Å². The SMILES string of the molecule is CC(C=CS(=O)(=O)c1ccccc1)=CCC1=C(C)C[C@@H](O)CC1(C)C. The highest BCUT2D eigenvalue weighted by Crippen LogP contribution is 2.42. The highest BCUT2D eigenvalue weighted by atomic mass is 32.2. The minimum Gasteiger partial charge on any atom is -0.393 e. The average Bonchev–Trinajstić information content (AvgIpc) is 2.52. The molecule has 1 N–H and O–H groups in total. The summed E-state index contributed by atoms with van der Waals surface area (Å²) in [5.41, 5.74) is 3.48. The summed E-state index contributed by atoms with van der Waals surface area (Å²) in [5, 5.41) is 11.2. The van der Waals surface area contributed by atoms with E-state index in [0.717, 1.165) is 24.8 Å². The van der Waals surface area contributed by atoms with Crippen molar-refractivity contribution in [2.75, 3.05) is 0 Å². The minimum atomic E-state index is -3.41. The monoisotopic (exact) mass is 360 g/mol. The van der Waals surface area contributed by atoms with Crippen LogP contribution in [0.5, 0.6) is 0 Å². The fourth-order valence-electron chi connectivity index (χ4n) is 3.51. The summed E-state index contributed by atoms with van der Waals surface area (Å²) in [6.45, 7) is 8.32. The van der Waals surface area contributed by atoms with Crippen molar-refractivity contribution < 1.29 is 13.5 Å². The molecule has 1 aromatic carbocycles. The van der Waals surface area contributed by atoms with E-state index in [1.165, 1.54) is 16.6 Å². The molecule has 0 bridgehead atoms. The predicted octanol–water partition coefficient (Wildman–Crippen LogP) is 4.81. The Kier molecular flexibility index (Phi) is 6.07. The van der Waals surface area contributed by atoms with Gasteiger partial charge in [-0.3, -0.25) is 0 Å². The molecule has 0 aromatic heterocycles. The first kappa shape index (κ1) is 19.7. The Bertz CT molecular complexity index is 797. The van der Waals surface area contributed by atoms with Crippen molar-refractivity contribution in [2.45, 2.75) is 58.0 Å². The maximum Gasteiger partial charge on any atom is 0.199 e. The summed E-state index contributed by atoms with van der Waals surface area (Å²) < 4.78 is 24.6. The van der Waals surface area contributed by atoms with Crippen LogP contribution in [0.25, 0.3) is 0 Å². The van der Waals surface area contributed by atoms with Gasteiger partial charge in [-0.2, -0.15) is 0 Å². The molecule has 0 aliphatic heterocycles. The van der Waals surface area contributed by atoms with Crippen molar-refractivity contribution in [2.24, 2.45) is 5.41 Å². The highest BCUT2D eigenvalue weighted by Gasteiger charge is 2.31. The lowest BCUT2D eigenvalue weighted by atomic mass is 9.70. The van der Waals surface area contributed by atoms with Gasteiger partial charge in [-0.1, -0.05) is 54.8 Å². The van der Waals surface area contributed by atoms with Crippen LogP contribution in [0.4, 0.5) is 0 Å². The lowest BCUT2D eigenvalue weighted by Crippen LogP contribution is -2.28. The van der Waals surface area contributed by atoms with Crippen LogP contribution in [-0.4, -0.2) is 19.6 Å². The van der Waals surface area contributed by atoms with E-state index in [4.69, 9.17) is 0 Å². The van der Waals surface area contributed by atoms with Gasteiger partial charge in [-0.05, 0) is 56.7 Å². The highest BCUT2D eigenvalue weighted by molar-refractivity contribution is 7.94. The Balaban J connectivity index is 2.13. The van der Waals surface area contributed by atoms with Gasteiger partial charge in [0.25, 0.3) is 0 Å². The summed E-state index contributed by atoms with van der Waals surface area (Å²) >= 11 is 0. The van der Waals surface area contributed by atoms with E-state index < -0.39 is 9.84 Å². The molecule has 0 unspecified atom stereocenters. The lowest BCUT2D eigenvalue weighted by Gasteiger charge is -2.37. The molecule has 4 heteroatoms. The standard InChI is InChI=1S/C21H28O3S/c1-16(12-13-25(23,24)19-8-6-5-7-9-19)10-11-20-17(2)14-18(22)15-21(20,3)4/h5-10,12-13,18,22H,11,14-15H2,1-4H3/t18-/m1/s1. The number of aliphatic hydroxyl groups is 1. The molecule has 0 fully saturated rings. The van der Waals surface area contributed by atoms with Crippen LogP contribution in [0.15, 0.2) is 69.5 Å². The maximum atomic E-state index is 12.3. The van der Waals surface area contributed by atoms with Crippen molar-refractivity contribution in [3.05, 3.63) is 64.6 Å². The molecule has 1 aliphatic rings. The van der Waals surface area contributed by atoms with Crippen molar-refractivity contribution >= 4 is 9.84 Å². The first-order valence-corrected chi connectivity index (χ1v) is 10.2. The molecule has 1 atom stereocenters. The number of aliphatic hydroxyl groups excluding tert-OH is 1. The van der Waals surface area contributed by atoms with Crippen LogP contribution >= 0.6 is 0 Å². The molecule has 1 aromatic rings. The predicted molar refractivity (Wildman–Crippen MR) is 103 cm³/mol. The fourth-order valence-corrected chi connectivity index (χ4v) is 4.59. The van der Waals surface area contributed by atoms with E-state index in [0.29, 0.717) is 4.90 Å². The van der Waals surface area contributed by atoms with Crippen molar-refractivity contribution in [1.29, 1.82) is 0 Å². The Hall–Kier alpha value is -1.65. The van der Waals surface area contributed by atoms with Gasteiger partial charge < -0.3 is 5.11 Å². The molecule has 0 radical (unpaired) electrons. The third-order valence-corrected chi connectivity index (χ3v) is 6.25. The fraction of sp³-hybridized carbons (Fsp3) is 0.429. The molecule has 1 aliphatic carbocycles. The smallest absolute Gasteiger partial charge is 0.199 e. The van der Waals surface area contributed by atoms with Crippen molar-refractivity contribution in [3.8, 4) is 0 Å². The lowest BCUT2D eigenvalue weighted by molar-refractivity contribution is 0.114. The second-order valence-electron chi connectivity index (χ2n) is 7.52. The number of benzene rings is 1. The molecular weight excluding hydrogens is 332 g/mol. The molecule has 0 amide bonds. The normalized spacial score (nSPS) is 21.8. The number of hydrogen-bond donors (Lipinski definition) is 1. The Morgan fingerprint density at radius 3 is 2.52 bits per heavy atom. The van der Waals surface area contributed by atoms with E-state index in [9.17, 15) is 13.5 Å². The second kappa shape index (κ2) is 7.71. The molecule has 25 heavy (non-hydrogen) atoms. The molecule has 136 valence electrons. The van der Waals surface area contributed by atoms with Crippen LogP contribution in [-0.2, 0) is 9.84 Å². The van der Waals surface area contributed by atoms with Gasteiger partial charge in [0.05, 0.1) is 11.0 Å². The number of sulfone groups is 1. The molecule has 0 heterocycles. The third-order valence-electron chi connectivity index (χ3n) is 4.83. The number of allylic oxidation sites excluding steroid dienone is 4. The second-order valence-corrected chi connectivity index (χ2v) is 9.35. The van der Waals surface area contributed by atoms with Gasteiger partial charge in [0.2, 0.25) is 0 Å². The number of hydrogen-bond acceptors (Lipinski definition) is 3. The Morgan fingerprint density at radius 1 is 1.28 bits per heavy atom. The van der Waals surface area contributed by atoms with Gasteiger partial charge in [-0.15, -0.1) is 0 Å². The van der Waals surface area contributed by atoms with Gasteiger partial charge in [0.1, 0.15) is 0 Å². The van der Waals surface area contributed by atoms with Crippen LogP contribution in [0, 0.1) is 5.41 Å². The quantitative estimate of drug-likeness (QED) is 0.606. The first-order valence-electron chi connectivity index (χ1n) is 8.64. The minimum absolute atomic E-state index is 0.0294. The summed E-state index contributed by atoms with van der Waals surface area (Å²) in [6.07, 6.45) is 5.74. The average molecular weight is 361 g/mol. The van der Waals surface area contributed by atoms with Crippen LogP contribution in [0.1, 0.15) is 47.0 Å². The van der Waals surface area contributed by atoms with E-state index in [1.54, 1.807) is 36.4 Å². The Morgan fingerprint density at radius 2 is 1.92 bits per heavy atom. The van der Waals surface area contributed by atoms with Gasteiger partial charge >= 0.3 is 0 Å². The summed E-state index contributed by atoms with van der Waals surface area (Å²) in [4.78, 5) is 0.306. The Labute approximate surface area is 151 Å². The number of rotatable bonds is 5. The zero-order valence-electron chi connectivity index (χ0n) is 15.5. The summed E-state index contributed by atoms with van der Waals surface area (Å²) in [6, 6.07) is 8.44. The largest absolute Gasteiger partial charge is 0.393 e. The van der Waals surface area contributed by atoms with E-state index in [2.05, 4.69) is 26.8 Å². The molecule has 3 nitrogen and oxygen atoms in total. The van der Waals surface area contributed by atoms with E-state index >= 15 is 0 Å². The first-order chi connectivity index (χ1) is 11.6. The van der Waals surface area contributed by atoms with Gasteiger partial charge in [0.15, 0.2) is 9.84 Å². The molecular formula is C21H28O3S. The maximum absolute atomic E-state index is 12.3. The van der Waals surface area contributed by atoms with Crippen molar-refractivity contribution in [3.63, 3.8) is 0 Å². The van der Waals surface area contributed by atoms with E-state index in [1.807, 2.05) is 6.92 Å².